The van der Waals surface area contributed by atoms with E-state index in [4.69, 9.17) is 4.74 Å². The van der Waals surface area contributed by atoms with Crippen molar-refractivity contribution in [3.63, 3.8) is 0 Å². The normalized spacial score (nSPS) is 31.1. The SMILES string of the molecule is CCO[C@H]1C[C@@H](C)[N@@+](C(=O)O)(C(=O)C(CS)C(F)(F)F)C1. The van der Waals surface area contributed by atoms with Gasteiger partial charge >= 0.3 is 18.2 Å². The zero-order valence-corrected chi connectivity index (χ0v) is 12.7. The molecular weight excluding hydrogens is 311 g/mol. The first-order valence-electron chi connectivity index (χ1n) is 6.56. The number of thiol groups is 1. The maximum absolute atomic E-state index is 12.9. The molecule has 1 heterocycles. The van der Waals surface area contributed by atoms with Crippen molar-refractivity contribution in [2.75, 3.05) is 18.9 Å². The Labute approximate surface area is 126 Å². The molecule has 0 saturated carbocycles. The molecule has 1 aliphatic heterocycles. The topological polar surface area (TPSA) is 63.6 Å². The van der Waals surface area contributed by atoms with E-state index in [1.54, 1.807) is 6.92 Å². The molecule has 5 nitrogen and oxygen atoms in total. The third-order valence-electron chi connectivity index (χ3n) is 3.86. The fraction of sp³-hybridized carbons (Fsp3) is 0.833. The fourth-order valence-corrected chi connectivity index (χ4v) is 3.12. The van der Waals surface area contributed by atoms with Crippen molar-refractivity contribution in [3.8, 4) is 0 Å². The van der Waals surface area contributed by atoms with Gasteiger partial charge in [0.05, 0.1) is 0 Å². The standard InChI is InChI=1S/C12H18F3NO4S/c1-3-20-8-4-7(2)16(5-8,11(18)19)10(17)9(6-21)12(13,14)15/h7-9H,3-6H2,1-2H3,(H-,18,19,21)/p+1/t7-,8+,9?,16-/m1/s1. The molecule has 0 aromatic rings. The molecule has 2 amide bonds. The number of amides is 2. The molecule has 122 valence electrons. The average Bonchev–Trinajstić information content (AvgIpc) is 2.66. The number of carbonyl (C=O) groups excluding carboxylic acids is 1. The van der Waals surface area contributed by atoms with E-state index in [1.807, 2.05) is 0 Å². The summed E-state index contributed by atoms with van der Waals surface area (Å²) >= 11 is 3.57. The Bertz CT molecular complexity index is 418. The number of ether oxygens (including phenoxy) is 1. The van der Waals surface area contributed by atoms with Crippen LogP contribution in [0, 0.1) is 5.92 Å². The molecule has 9 heteroatoms. The van der Waals surface area contributed by atoms with Crippen LogP contribution >= 0.6 is 12.6 Å². The van der Waals surface area contributed by atoms with E-state index in [0.29, 0.717) is 6.61 Å². The number of hydrogen-bond acceptors (Lipinski definition) is 4. The lowest BCUT2D eigenvalue weighted by Crippen LogP contribution is -2.63. The van der Waals surface area contributed by atoms with Crippen LogP contribution in [0.2, 0.25) is 0 Å². The second-order valence-electron chi connectivity index (χ2n) is 5.11. The molecule has 21 heavy (non-hydrogen) atoms. The zero-order valence-electron chi connectivity index (χ0n) is 11.8. The molecule has 0 aromatic heterocycles. The molecule has 0 bridgehead atoms. The first kappa shape index (κ1) is 18.2. The number of alkyl halides is 3. The zero-order chi connectivity index (χ0) is 16.4. The van der Waals surface area contributed by atoms with E-state index in [1.165, 1.54) is 6.92 Å². The van der Waals surface area contributed by atoms with Gasteiger partial charge in [-0.05, 0) is 13.8 Å². The minimum absolute atomic E-state index is 0.225. The molecule has 0 spiro atoms. The number of quaternary nitrogens is 1. The van der Waals surface area contributed by atoms with E-state index in [2.05, 4.69) is 12.6 Å². The van der Waals surface area contributed by atoms with Gasteiger partial charge in [0, 0.05) is 18.8 Å². The van der Waals surface area contributed by atoms with E-state index in [0.717, 1.165) is 0 Å². The van der Waals surface area contributed by atoms with Gasteiger partial charge in [-0.15, -0.1) is 0 Å². The van der Waals surface area contributed by atoms with Crippen molar-refractivity contribution in [2.24, 2.45) is 5.92 Å². The summed E-state index contributed by atoms with van der Waals surface area (Å²) in [5.74, 6) is -4.55. The van der Waals surface area contributed by atoms with Crippen LogP contribution in [0.1, 0.15) is 20.3 Å². The molecule has 1 rings (SSSR count). The molecule has 0 aromatic carbocycles. The van der Waals surface area contributed by atoms with E-state index in [-0.39, 0.29) is 13.0 Å². The summed E-state index contributed by atoms with van der Waals surface area (Å²) in [5.41, 5.74) is 0. The van der Waals surface area contributed by atoms with Gasteiger partial charge in [0.1, 0.15) is 18.7 Å². The summed E-state index contributed by atoms with van der Waals surface area (Å²) in [6.45, 7) is 3.17. The minimum atomic E-state index is -4.82. The Morgan fingerprint density at radius 3 is 2.43 bits per heavy atom. The first-order valence-corrected chi connectivity index (χ1v) is 7.19. The Morgan fingerprint density at radius 2 is 2.05 bits per heavy atom. The summed E-state index contributed by atoms with van der Waals surface area (Å²) in [7, 11) is 0. The Kier molecular flexibility index (Phi) is 5.68. The number of carboxylic acid groups (broad SMARTS) is 1. The van der Waals surface area contributed by atoms with Crippen LogP contribution in [0.15, 0.2) is 0 Å². The minimum Gasteiger partial charge on any atom is -0.435 e. The van der Waals surface area contributed by atoms with E-state index < -0.39 is 46.5 Å². The lowest BCUT2D eigenvalue weighted by atomic mass is 10.1. The second kappa shape index (κ2) is 6.53. The average molecular weight is 330 g/mol. The maximum Gasteiger partial charge on any atom is 0.521 e. The highest BCUT2D eigenvalue weighted by molar-refractivity contribution is 7.80. The summed E-state index contributed by atoms with van der Waals surface area (Å²) in [6.07, 6.45) is -6.71. The summed E-state index contributed by atoms with van der Waals surface area (Å²) < 4.78 is 42.8. The van der Waals surface area contributed by atoms with Gasteiger partial charge in [-0.2, -0.15) is 35.1 Å². The van der Waals surface area contributed by atoms with Gasteiger partial charge in [0.25, 0.3) is 0 Å². The Hall–Kier alpha value is -0.800. The molecule has 1 unspecified atom stereocenters. The molecule has 1 fully saturated rings. The van der Waals surface area contributed by atoms with Crippen LogP contribution in [0.4, 0.5) is 18.0 Å². The number of carbonyl (C=O) groups is 2. The number of nitrogens with zero attached hydrogens (tertiary/aromatic N) is 1. The summed E-state index contributed by atoms with van der Waals surface area (Å²) in [4.78, 5) is 23.9. The summed E-state index contributed by atoms with van der Waals surface area (Å²) in [5, 5.41) is 9.40. The van der Waals surface area contributed by atoms with Crippen molar-refractivity contribution < 1.29 is 37.1 Å². The second-order valence-corrected chi connectivity index (χ2v) is 5.48. The smallest absolute Gasteiger partial charge is 0.435 e. The number of likely N-dealkylation sites (tertiary alicyclic amines) is 1. The van der Waals surface area contributed by atoms with Crippen LogP contribution in [-0.4, -0.2) is 58.8 Å². The molecular formula is C12H19F3NO4S+. The molecule has 1 N–H and O–H groups in total. The van der Waals surface area contributed by atoms with Crippen LogP contribution in [-0.2, 0) is 9.53 Å². The Morgan fingerprint density at radius 1 is 1.48 bits per heavy atom. The highest BCUT2D eigenvalue weighted by Gasteiger charge is 2.62. The van der Waals surface area contributed by atoms with Gasteiger partial charge in [-0.3, -0.25) is 0 Å². The molecule has 1 aliphatic rings. The van der Waals surface area contributed by atoms with Crippen molar-refractivity contribution >= 4 is 24.6 Å². The van der Waals surface area contributed by atoms with Crippen LogP contribution in [0.5, 0.6) is 0 Å². The van der Waals surface area contributed by atoms with Gasteiger partial charge in [-0.25, -0.2) is 4.79 Å². The highest BCUT2D eigenvalue weighted by atomic mass is 32.1. The third-order valence-corrected chi connectivity index (χ3v) is 4.23. The van der Waals surface area contributed by atoms with Gasteiger partial charge in [-0.1, -0.05) is 0 Å². The van der Waals surface area contributed by atoms with Crippen LogP contribution in [0.25, 0.3) is 0 Å². The van der Waals surface area contributed by atoms with Crippen molar-refractivity contribution in [1.29, 1.82) is 0 Å². The van der Waals surface area contributed by atoms with Gasteiger partial charge in [0.15, 0.2) is 5.92 Å². The largest absolute Gasteiger partial charge is 0.521 e. The quantitative estimate of drug-likeness (QED) is 0.613. The van der Waals surface area contributed by atoms with Crippen LogP contribution < -0.4 is 0 Å². The van der Waals surface area contributed by atoms with Crippen molar-refractivity contribution in [1.82, 2.24) is 0 Å². The predicted octanol–water partition coefficient (Wildman–Crippen LogP) is 2.31. The van der Waals surface area contributed by atoms with Crippen molar-refractivity contribution in [2.45, 2.75) is 38.6 Å². The van der Waals surface area contributed by atoms with Gasteiger partial charge < -0.3 is 9.84 Å². The van der Waals surface area contributed by atoms with E-state index in [9.17, 15) is 27.9 Å². The lowest BCUT2D eigenvalue weighted by molar-refractivity contribution is -0.796. The number of imide groups is 1. The maximum atomic E-state index is 12.9. The molecule has 0 aliphatic carbocycles. The third kappa shape index (κ3) is 3.35. The van der Waals surface area contributed by atoms with Gasteiger partial charge in [0.2, 0.25) is 0 Å². The number of hydrogen-bond donors (Lipinski definition) is 2. The molecule has 1 saturated heterocycles. The number of halogens is 3. The van der Waals surface area contributed by atoms with E-state index >= 15 is 0 Å². The first-order chi connectivity index (χ1) is 9.61. The number of rotatable bonds is 4. The highest BCUT2D eigenvalue weighted by Crippen LogP contribution is 2.37. The lowest BCUT2D eigenvalue weighted by Gasteiger charge is -2.32. The molecule has 4 atom stereocenters. The van der Waals surface area contributed by atoms with Crippen LogP contribution in [0.3, 0.4) is 0 Å². The van der Waals surface area contributed by atoms with Crippen molar-refractivity contribution in [3.05, 3.63) is 0 Å². The predicted molar refractivity (Wildman–Crippen MR) is 71.1 cm³/mol. The molecule has 0 radical (unpaired) electrons. The monoisotopic (exact) mass is 330 g/mol. The fourth-order valence-electron chi connectivity index (χ4n) is 2.76. The summed E-state index contributed by atoms with van der Waals surface area (Å²) in [6, 6.07) is -0.781. The Balaban J connectivity index is 3.17.